The number of carbonyl (C=O) groups excluding carboxylic acids is 3. The summed E-state index contributed by atoms with van der Waals surface area (Å²) >= 11 is 3.83. The number of aliphatic hydroxyl groups is 1. The van der Waals surface area contributed by atoms with Crippen LogP contribution in [-0.2, 0) is 24.0 Å². The van der Waals surface area contributed by atoms with Crippen LogP contribution in [0.4, 0.5) is 0 Å². The molecule has 31 heavy (non-hydrogen) atoms. The number of unbranched alkanes of at least 4 members (excludes halogenated alkanes) is 1. The topological polar surface area (TPSA) is 234 Å². The van der Waals surface area contributed by atoms with Crippen LogP contribution in [0, 0.1) is 0 Å². The Hall–Kier alpha value is -2.42. The van der Waals surface area contributed by atoms with Crippen LogP contribution in [0.3, 0.4) is 0 Å². The molecule has 0 fully saturated rings. The number of carboxylic acids is 2. The smallest absolute Gasteiger partial charge is 0.327 e. The highest BCUT2D eigenvalue weighted by atomic mass is 32.1. The SMILES string of the molecule is NCCCCC(NC(=O)C(N)CO)C(=O)NC(CCC(=O)O)C(=O)NC(CS)C(=O)O. The molecule has 14 heteroatoms. The van der Waals surface area contributed by atoms with Gasteiger partial charge in [-0.25, -0.2) is 4.79 Å². The third-order valence-corrected chi connectivity index (χ3v) is 4.56. The fourth-order valence-corrected chi connectivity index (χ4v) is 2.64. The number of carboxylic acid groups (broad SMARTS) is 2. The van der Waals surface area contributed by atoms with Gasteiger partial charge in [0.25, 0.3) is 0 Å². The molecule has 13 nitrogen and oxygen atoms in total. The van der Waals surface area contributed by atoms with E-state index in [4.69, 9.17) is 26.8 Å². The summed E-state index contributed by atoms with van der Waals surface area (Å²) < 4.78 is 0. The van der Waals surface area contributed by atoms with Crippen molar-refractivity contribution in [1.29, 1.82) is 0 Å². The van der Waals surface area contributed by atoms with Gasteiger partial charge in [-0.2, -0.15) is 12.6 Å². The monoisotopic (exact) mass is 465 g/mol. The Labute approximate surface area is 184 Å². The molecule has 0 radical (unpaired) electrons. The van der Waals surface area contributed by atoms with Gasteiger partial charge in [-0.1, -0.05) is 0 Å². The van der Waals surface area contributed by atoms with Gasteiger partial charge in [-0.05, 0) is 32.2 Å². The summed E-state index contributed by atoms with van der Waals surface area (Å²) in [5.74, 6) is -5.29. The minimum atomic E-state index is -1.37. The molecule has 0 bridgehead atoms. The van der Waals surface area contributed by atoms with Crippen molar-refractivity contribution in [2.24, 2.45) is 11.5 Å². The number of aliphatic hydroxyl groups excluding tert-OH is 1. The Bertz CT molecular complexity index is 636. The van der Waals surface area contributed by atoms with Crippen molar-refractivity contribution in [3.63, 3.8) is 0 Å². The van der Waals surface area contributed by atoms with Crippen LogP contribution in [0.25, 0.3) is 0 Å². The molecule has 10 N–H and O–H groups in total. The van der Waals surface area contributed by atoms with E-state index in [-0.39, 0.29) is 18.6 Å². The number of amides is 3. The summed E-state index contributed by atoms with van der Waals surface area (Å²) in [7, 11) is 0. The average Bonchev–Trinajstić information content (AvgIpc) is 2.72. The Morgan fingerprint density at radius 3 is 1.81 bits per heavy atom. The molecule has 4 unspecified atom stereocenters. The van der Waals surface area contributed by atoms with Gasteiger partial charge in [0.2, 0.25) is 17.7 Å². The standard InChI is InChI=1S/C17H31N5O8S/c18-6-2-1-3-10(20-14(26)9(19)7-23)15(27)21-11(4-5-13(24)25)16(28)22-12(8-31)17(29)30/h9-12,23,31H,1-8,18-19H2,(H,20,26)(H,21,27)(H,22,28)(H,24,25)(H,29,30). The first-order valence-electron chi connectivity index (χ1n) is 9.60. The van der Waals surface area contributed by atoms with E-state index in [1.807, 2.05) is 0 Å². The molecular weight excluding hydrogens is 434 g/mol. The van der Waals surface area contributed by atoms with E-state index in [0.29, 0.717) is 19.4 Å². The summed E-state index contributed by atoms with van der Waals surface area (Å²) in [6, 6.07) is -5.10. The van der Waals surface area contributed by atoms with Gasteiger partial charge in [0, 0.05) is 12.2 Å². The number of nitrogens with one attached hydrogen (secondary N) is 3. The number of aliphatic carboxylic acids is 2. The zero-order valence-electron chi connectivity index (χ0n) is 17.0. The van der Waals surface area contributed by atoms with Crippen LogP contribution in [0.2, 0.25) is 0 Å². The average molecular weight is 466 g/mol. The molecule has 178 valence electrons. The van der Waals surface area contributed by atoms with E-state index in [2.05, 4.69) is 28.6 Å². The largest absolute Gasteiger partial charge is 0.481 e. The van der Waals surface area contributed by atoms with E-state index < -0.39 is 66.9 Å². The maximum atomic E-state index is 12.7. The normalized spacial score (nSPS) is 14.6. The van der Waals surface area contributed by atoms with E-state index in [1.165, 1.54) is 0 Å². The zero-order valence-corrected chi connectivity index (χ0v) is 17.8. The highest BCUT2D eigenvalue weighted by Gasteiger charge is 2.30. The summed E-state index contributed by atoms with van der Waals surface area (Å²) in [5.41, 5.74) is 10.9. The second-order valence-electron chi connectivity index (χ2n) is 6.71. The number of carbonyl (C=O) groups is 5. The predicted molar refractivity (Wildman–Crippen MR) is 112 cm³/mol. The van der Waals surface area contributed by atoms with Gasteiger partial charge in [0.15, 0.2) is 0 Å². The maximum Gasteiger partial charge on any atom is 0.327 e. The van der Waals surface area contributed by atoms with Crippen molar-refractivity contribution < 1.29 is 39.3 Å². The van der Waals surface area contributed by atoms with Crippen molar-refractivity contribution in [2.75, 3.05) is 18.9 Å². The summed E-state index contributed by atoms with van der Waals surface area (Å²) in [5, 5.41) is 33.8. The molecule has 0 aliphatic heterocycles. The Kier molecular flexibility index (Phi) is 14.2. The Morgan fingerprint density at radius 2 is 1.35 bits per heavy atom. The first kappa shape index (κ1) is 28.6. The van der Waals surface area contributed by atoms with Crippen molar-refractivity contribution in [1.82, 2.24) is 16.0 Å². The first-order valence-corrected chi connectivity index (χ1v) is 10.2. The lowest BCUT2D eigenvalue weighted by Crippen LogP contribution is -2.57. The van der Waals surface area contributed by atoms with Gasteiger partial charge in [0.1, 0.15) is 24.2 Å². The van der Waals surface area contributed by atoms with Crippen LogP contribution >= 0.6 is 12.6 Å². The molecule has 0 aliphatic rings. The van der Waals surface area contributed by atoms with Crippen LogP contribution in [0.1, 0.15) is 32.1 Å². The number of nitrogens with two attached hydrogens (primary N) is 2. The van der Waals surface area contributed by atoms with Gasteiger partial charge in [0.05, 0.1) is 6.61 Å². The Balaban J connectivity index is 5.41. The lowest BCUT2D eigenvalue weighted by molar-refractivity contribution is -0.142. The van der Waals surface area contributed by atoms with Crippen molar-refractivity contribution in [3.8, 4) is 0 Å². The minimum absolute atomic E-state index is 0.147. The number of rotatable bonds is 16. The molecule has 4 atom stereocenters. The van der Waals surface area contributed by atoms with Gasteiger partial charge in [-0.15, -0.1) is 0 Å². The van der Waals surface area contributed by atoms with Crippen LogP contribution in [-0.4, -0.2) is 88.1 Å². The summed E-state index contributed by atoms with van der Waals surface area (Å²) in [6.07, 6.45) is 0.364. The molecule has 0 saturated carbocycles. The molecule has 0 aromatic carbocycles. The van der Waals surface area contributed by atoms with Crippen LogP contribution in [0.15, 0.2) is 0 Å². The van der Waals surface area contributed by atoms with Gasteiger partial charge >= 0.3 is 11.9 Å². The highest BCUT2D eigenvalue weighted by Crippen LogP contribution is 2.05. The quantitative estimate of drug-likeness (QED) is 0.0816. The van der Waals surface area contributed by atoms with Gasteiger partial charge in [-0.3, -0.25) is 19.2 Å². The molecule has 0 heterocycles. The third kappa shape index (κ3) is 11.5. The summed E-state index contributed by atoms with van der Waals surface area (Å²) in [4.78, 5) is 59.2. The van der Waals surface area contributed by atoms with E-state index in [0.717, 1.165) is 0 Å². The third-order valence-electron chi connectivity index (χ3n) is 4.19. The Morgan fingerprint density at radius 1 is 0.839 bits per heavy atom. The molecule has 0 rings (SSSR count). The number of hydrogen-bond acceptors (Lipinski definition) is 9. The van der Waals surface area contributed by atoms with Crippen molar-refractivity contribution in [3.05, 3.63) is 0 Å². The minimum Gasteiger partial charge on any atom is -0.481 e. The number of thiol groups is 1. The van der Waals surface area contributed by atoms with Crippen LogP contribution < -0.4 is 27.4 Å². The molecule has 0 spiro atoms. The zero-order chi connectivity index (χ0) is 24.0. The number of hydrogen-bond donors (Lipinski definition) is 9. The van der Waals surface area contributed by atoms with Crippen LogP contribution in [0.5, 0.6) is 0 Å². The van der Waals surface area contributed by atoms with E-state index >= 15 is 0 Å². The lowest BCUT2D eigenvalue weighted by atomic mass is 10.1. The fourth-order valence-electron chi connectivity index (χ4n) is 2.39. The molecule has 0 aliphatic carbocycles. The van der Waals surface area contributed by atoms with Crippen molar-refractivity contribution in [2.45, 2.75) is 56.3 Å². The van der Waals surface area contributed by atoms with Crippen molar-refractivity contribution >= 4 is 42.3 Å². The highest BCUT2D eigenvalue weighted by molar-refractivity contribution is 7.80. The molecular formula is C17H31N5O8S. The predicted octanol–water partition coefficient (Wildman–Crippen LogP) is -3.23. The van der Waals surface area contributed by atoms with Gasteiger partial charge < -0.3 is 42.7 Å². The summed E-state index contributed by atoms with van der Waals surface area (Å²) in [6.45, 7) is -0.296. The molecule has 0 aromatic heterocycles. The fraction of sp³-hybridized carbons (Fsp3) is 0.706. The molecule has 0 aromatic rings. The molecule has 3 amide bonds. The second kappa shape index (κ2) is 15.4. The second-order valence-corrected chi connectivity index (χ2v) is 7.08. The van der Waals surface area contributed by atoms with E-state index in [1.54, 1.807) is 0 Å². The van der Waals surface area contributed by atoms with E-state index in [9.17, 15) is 24.0 Å². The maximum absolute atomic E-state index is 12.7. The first-order chi connectivity index (χ1) is 14.6. The lowest BCUT2D eigenvalue weighted by Gasteiger charge is -2.24. The molecule has 0 saturated heterocycles.